The molecule has 1 aromatic carbocycles. The van der Waals surface area contributed by atoms with Crippen LogP contribution in [-0.2, 0) is 0 Å². The molecule has 1 N–H and O–H groups in total. The van der Waals surface area contributed by atoms with Gasteiger partial charge in [0.25, 0.3) is 5.69 Å². The van der Waals surface area contributed by atoms with Crippen LogP contribution in [0.3, 0.4) is 0 Å². The smallest absolute Gasteiger partial charge is 0.269 e. The summed E-state index contributed by atoms with van der Waals surface area (Å²) in [4.78, 5) is 18.6. The van der Waals surface area contributed by atoms with Gasteiger partial charge < -0.3 is 5.32 Å². The van der Waals surface area contributed by atoms with Crippen LogP contribution < -0.4 is 5.32 Å². The lowest BCUT2D eigenvalue weighted by atomic mass is 10.2. The van der Waals surface area contributed by atoms with Crippen LogP contribution in [0.15, 0.2) is 36.5 Å². The first kappa shape index (κ1) is 12.0. The largest absolute Gasteiger partial charge is 0.370 e. The number of non-ortho nitro benzene ring substituents is 1. The lowest BCUT2D eigenvalue weighted by Crippen LogP contribution is -2.00. The molecule has 6 nitrogen and oxygen atoms in total. The molecule has 18 heavy (non-hydrogen) atoms. The van der Waals surface area contributed by atoms with E-state index in [1.54, 1.807) is 24.4 Å². The Hall–Kier alpha value is -2.50. The molecule has 0 saturated carbocycles. The summed E-state index contributed by atoms with van der Waals surface area (Å²) in [5, 5.41) is 13.6. The molecule has 0 amide bonds. The Kier molecular flexibility index (Phi) is 3.47. The summed E-state index contributed by atoms with van der Waals surface area (Å²) in [5.41, 5.74) is 0.807. The molecule has 0 fully saturated rings. The van der Waals surface area contributed by atoms with Crippen LogP contribution in [0, 0.1) is 10.1 Å². The average Bonchev–Trinajstić information content (AvgIpc) is 2.39. The number of nitrogens with zero attached hydrogens (tertiary/aromatic N) is 3. The topological polar surface area (TPSA) is 81.0 Å². The number of nitro groups is 1. The average molecular weight is 244 g/mol. The maximum absolute atomic E-state index is 10.6. The van der Waals surface area contributed by atoms with Crippen molar-refractivity contribution in [1.82, 2.24) is 9.97 Å². The van der Waals surface area contributed by atoms with Crippen molar-refractivity contribution in [3.63, 3.8) is 0 Å². The fourth-order valence-electron chi connectivity index (χ4n) is 1.51. The summed E-state index contributed by atoms with van der Waals surface area (Å²) in [7, 11) is 0. The fraction of sp³-hybridized carbons (Fsp3) is 0.167. The van der Waals surface area contributed by atoms with E-state index in [4.69, 9.17) is 0 Å². The minimum Gasteiger partial charge on any atom is -0.370 e. The first-order chi connectivity index (χ1) is 8.70. The number of benzene rings is 1. The lowest BCUT2D eigenvalue weighted by molar-refractivity contribution is -0.384. The van der Waals surface area contributed by atoms with Gasteiger partial charge in [0.2, 0.25) is 0 Å². The summed E-state index contributed by atoms with van der Waals surface area (Å²) in [5.74, 6) is 1.28. The number of hydrogen-bond donors (Lipinski definition) is 1. The highest BCUT2D eigenvalue weighted by Gasteiger charge is 2.07. The molecule has 2 aromatic rings. The molecule has 0 aliphatic heterocycles. The van der Waals surface area contributed by atoms with E-state index in [1.165, 1.54) is 12.1 Å². The minimum atomic E-state index is -0.431. The van der Waals surface area contributed by atoms with Gasteiger partial charge in [-0.25, -0.2) is 9.97 Å². The zero-order chi connectivity index (χ0) is 13.0. The van der Waals surface area contributed by atoms with E-state index in [9.17, 15) is 10.1 Å². The number of nitro benzene ring substituents is 1. The van der Waals surface area contributed by atoms with E-state index in [0.717, 1.165) is 17.9 Å². The van der Waals surface area contributed by atoms with Crippen LogP contribution in [0.25, 0.3) is 11.4 Å². The molecular weight excluding hydrogens is 232 g/mol. The van der Waals surface area contributed by atoms with Crippen LogP contribution in [0.5, 0.6) is 0 Å². The van der Waals surface area contributed by atoms with Gasteiger partial charge in [0.1, 0.15) is 5.82 Å². The molecule has 0 unspecified atom stereocenters. The van der Waals surface area contributed by atoms with Gasteiger partial charge in [0.15, 0.2) is 5.82 Å². The van der Waals surface area contributed by atoms with Crippen molar-refractivity contribution < 1.29 is 4.92 Å². The molecule has 6 heteroatoms. The molecule has 1 aromatic heterocycles. The third-order valence-electron chi connectivity index (χ3n) is 2.35. The molecule has 0 saturated heterocycles. The third-order valence-corrected chi connectivity index (χ3v) is 2.35. The van der Waals surface area contributed by atoms with E-state index >= 15 is 0 Å². The normalized spacial score (nSPS) is 10.1. The molecule has 0 spiro atoms. The highest BCUT2D eigenvalue weighted by atomic mass is 16.6. The number of rotatable bonds is 4. The standard InChI is InChI=1S/C12H12N4O2/c1-2-13-11-7-8-14-12(15-11)9-3-5-10(6-4-9)16(17)18/h3-8H,2H2,1H3,(H,13,14,15). The lowest BCUT2D eigenvalue weighted by Gasteiger charge is -2.04. The van der Waals surface area contributed by atoms with Gasteiger partial charge in [0.05, 0.1) is 4.92 Å². The zero-order valence-corrected chi connectivity index (χ0v) is 9.83. The summed E-state index contributed by atoms with van der Waals surface area (Å²) in [6, 6.07) is 7.95. The van der Waals surface area contributed by atoms with Crippen molar-refractivity contribution in [2.75, 3.05) is 11.9 Å². The molecular formula is C12H12N4O2. The second-order valence-corrected chi connectivity index (χ2v) is 3.60. The van der Waals surface area contributed by atoms with Gasteiger partial charge in [0, 0.05) is 30.4 Å². The maximum atomic E-state index is 10.6. The molecule has 0 radical (unpaired) electrons. The first-order valence-electron chi connectivity index (χ1n) is 5.52. The summed E-state index contributed by atoms with van der Waals surface area (Å²) < 4.78 is 0. The Bertz CT molecular complexity index is 554. The fourth-order valence-corrected chi connectivity index (χ4v) is 1.51. The quantitative estimate of drug-likeness (QED) is 0.660. The van der Waals surface area contributed by atoms with Crippen LogP contribution >= 0.6 is 0 Å². The second-order valence-electron chi connectivity index (χ2n) is 3.60. The van der Waals surface area contributed by atoms with Crippen molar-refractivity contribution in [3.8, 4) is 11.4 Å². The Morgan fingerprint density at radius 3 is 2.61 bits per heavy atom. The Balaban J connectivity index is 2.30. The number of anilines is 1. The van der Waals surface area contributed by atoms with Crippen LogP contribution in [0.2, 0.25) is 0 Å². The summed E-state index contributed by atoms with van der Waals surface area (Å²) in [6.45, 7) is 2.75. The van der Waals surface area contributed by atoms with Crippen molar-refractivity contribution >= 4 is 11.5 Å². The third kappa shape index (κ3) is 2.60. The van der Waals surface area contributed by atoms with Gasteiger partial charge in [-0.1, -0.05) is 0 Å². The minimum absolute atomic E-state index is 0.0570. The van der Waals surface area contributed by atoms with E-state index in [0.29, 0.717) is 5.82 Å². The van der Waals surface area contributed by atoms with Gasteiger partial charge in [-0.3, -0.25) is 10.1 Å². The predicted molar refractivity (Wildman–Crippen MR) is 68.3 cm³/mol. The van der Waals surface area contributed by atoms with E-state index in [2.05, 4.69) is 15.3 Å². The monoisotopic (exact) mass is 244 g/mol. The summed E-state index contributed by atoms with van der Waals surface area (Å²) >= 11 is 0. The highest BCUT2D eigenvalue weighted by Crippen LogP contribution is 2.19. The summed E-state index contributed by atoms with van der Waals surface area (Å²) in [6.07, 6.45) is 1.65. The zero-order valence-electron chi connectivity index (χ0n) is 9.83. The molecule has 0 aliphatic rings. The molecule has 0 bridgehead atoms. The van der Waals surface area contributed by atoms with Crippen molar-refractivity contribution in [1.29, 1.82) is 0 Å². The van der Waals surface area contributed by atoms with Crippen molar-refractivity contribution in [2.45, 2.75) is 6.92 Å². The number of hydrogen-bond acceptors (Lipinski definition) is 5. The molecule has 0 atom stereocenters. The van der Waals surface area contributed by atoms with Gasteiger partial charge >= 0.3 is 0 Å². The van der Waals surface area contributed by atoms with Crippen LogP contribution in [0.1, 0.15) is 6.92 Å². The van der Waals surface area contributed by atoms with Gasteiger partial charge in [-0.2, -0.15) is 0 Å². The van der Waals surface area contributed by atoms with Gasteiger partial charge in [-0.05, 0) is 25.1 Å². The van der Waals surface area contributed by atoms with Crippen molar-refractivity contribution in [2.24, 2.45) is 0 Å². The van der Waals surface area contributed by atoms with Gasteiger partial charge in [-0.15, -0.1) is 0 Å². The highest BCUT2D eigenvalue weighted by molar-refractivity contribution is 5.58. The maximum Gasteiger partial charge on any atom is 0.269 e. The van der Waals surface area contributed by atoms with E-state index in [-0.39, 0.29) is 5.69 Å². The number of aromatic nitrogens is 2. The molecule has 2 rings (SSSR count). The SMILES string of the molecule is CCNc1ccnc(-c2ccc([N+](=O)[O-])cc2)n1. The predicted octanol–water partition coefficient (Wildman–Crippen LogP) is 2.48. The van der Waals surface area contributed by atoms with Crippen LogP contribution in [-0.4, -0.2) is 21.4 Å². The van der Waals surface area contributed by atoms with E-state index < -0.39 is 4.92 Å². The molecule has 1 heterocycles. The Morgan fingerprint density at radius 2 is 2.00 bits per heavy atom. The second kappa shape index (κ2) is 5.22. The molecule has 0 aliphatic carbocycles. The van der Waals surface area contributed by atoms with E-state index in [1.807, 2.05) is 6.92 Å². The molecule has 92 valence electrons. The van der Waals surface area contributed by atoms with Crippen molar-refractivity contribution in [3.05, 3.63) is 46.6 Å². The number of nitrogens with one attached hydrogen (secondary N) is 1. The Labute approximate surface area is 104 Å². The Morgan fingerprint density at radius 1 is 1.28 bits per heavy atom. The van der Waals surface area contributed by atoms with Crippen LogP contribution in [0.4, 0.5) is 11.5 Å². The first-order valence-corrected chi connectivity index (χ1v) is 5.52.